The average molecular weight is 228 g/mol. The smallest absolute Gasteiger partial charge is 0.241 e. The van der Waals surface area contributed by atoms with Gasteiger partial charge in [-0.15, -0.1) is 0 Å². The summed E-state index contributed by atoms with van der Waals surface area (Å²) in [5.74, 6) is -0.0487. The van der Waals surface area contributed by atoms with Crippen LogP contribution in [0.1, 0.15) is 26.2 Å². The molecule has 1 heterocycles. The van der Waals surface area contributed by atoms with Gasteiger partial charge in [-0.2, -0.15) is 0 Å². The van der Waals surface area contributed by atoms with Crippen LogP contribution in [0.2, 0.25) is 0 Å². The van der Waals surface area contributed by atoms with E-state index in [1.807, 2.05) is 0 Å². The molecule has 1 aliphatic rings. The van der Waals surface area contributed by atoms with Gasteiger partial charge in [0.2, 0.25) is 11.8 Å². The third-order valence-corrected chi connectivity index (χ3v) is 2.80. The van der Waals surface area contributed by atoms with E-state index in [2.05, 4.69) is 0 Å². The molecule has 0 spiro atoms. The summed E-state index contributed by atoms with van der Waals surface area (Å²) < 4.78 is 0. The molecule has 0 radical (unpaired) electrons. The molecule has 2 amide bonds. The van der Waals surface area contributed by atoms with Crippen LogP contribution in [-0.4, -0.2) is 59.5 Å². The monoisotopic (exact) mass is 228 g/mol. The lowest BCUT2D eigenvalue weighted by Gasteiger charge is -2.20. The van der Waals surface area contributed by atoms with Gasteiger partial charge in [-0.1, -0.05) is 0 Å². The van der Waals surface area contributed by atoms with Crippen molar-refractivity contribution in [2.75, 3.05) is 26.7 Å². The maximum atomic E-state index is 11.8. The number of hydrogen-bond acceptors (Lipinski definition) is 3. The van der Waals surface area contributed by atoms with Gasteiger partial charge in [-0.25, -0.2) is 0 Å². The molecule has 5 nitrogen and oxygen atoms in total. The maximum absolute atomic E-state index is 11.8. The van der Waals surface area contributed by atoms with E-state index in [0.29, 0.717) is 25.9 Å². The first-order chi connectivity index (χ1) is 7.50. The lowest BCUT2D eigenvalue weighted by molar-refractivity contribution is -0.138. The number of nitrogens with zero attached hydrogens (tertiary/aromatic N) is 2. The van der Waals surface area contributed by atoms with Crippen molar-refractivity contribution in [1.82, 2.24) is 9.80 Å². The van der Waals surface area contributed by atoms with E-state index < -0.39 is 6.10 Å². The van der Waals surface area contributed by atoms with Gasteiger partial charge in [0, 0.05) is 26.6 Å². The Hall–Kier alpha value is -1.10. The summed E-state index contributed by atoms with van der Waals surface area (Å²) in [5, 5.41) is 9.10. The zero-order valence-electron chi connectivity index (χ0n) is 9.98. The molecule has 0 aliphatic carbocycles. The van der Waals surface area contributed by atoms with E-state index in [1.54, 1.807) is 23.8 Å². The topological polar surface area (TPSA) is 60.9 Å². The van der Waals surface area contributed by atoms with Crippen molar-refractivity contribution in [2.45, 2.75) is 32.3 Å². The molecule has 1 aliphatic heterocycles. The number of aliphatic hydroxyl groups is 1. The lowest BCUT2D eigenvalue weighted by atomic mass is 10.2. The summed E-state index contributed by atoms with van der Waals surface area (Å²) in [4.78, 5) is 26.5. The van der Waals surface area contributed by atoms with Crippen molar-refractivity contribution in [3.63, 3.8) is 0 Å². The summed E-state index contributed by atoms with van der Waals surface area (Å²) in [6.45, 7) is 3.18. The highest BCUT2D eigenvalue weighted by molar-refractivity contribution is 5.85. The molecule has 1 saturated heterocycles. The predicted molar refractivity (Wildman–Crippen MR) is 59.7 cm³/mol. The van der Waals surface area contributed by atoms with E-state index in [0.717, 1.165) is 6.42 Å². The number of hydrogen-bond donors (Lipinski definition) is 1. The number of likely N-dealkylation sites (N-methyl/N-ethyl adjacent to an activating group) is 1. The van der Waals surface area contributed by atoms with E-state index >= 15 is 0 Å². The minimum Gasteiger partial charge on any atom is -0.393 e. The van der Waals surface area contributed by atoms with Crippen LogP contribution in [0.25, 0.3) is 0 Å². The first kappa shape index (κ1) is 13.0. The van der Waals surface area contributed by atoms with Crippen molar-refractivity contribution in [3.05, 3.63) is 0 Å². The number of rotatable bonds is 3. The second-order valence-corrected chi connectivity index (χ2v) is 4.37. The molecule has 16 heavy (non-hydrogen) atoms. The van der Waals surface area contributed by atoms with E-state index in [9.17, 15) is 9.59 Å². The molecule has 1 fully saturated rings. The number of aliphatic hydroxyl groups excluding tert-OH is 1. The van der Waals surface area contributed by atoms with Crippen LogP contribution in [0.5, 0.6) is 0 Å². The summed E-state index contributed by atoms with van der Waals surface area (Å²) in [7, 11) is 1.76. The van der Waals surface area contributed by atoms with Crippen molar-refractivity contribution < 1.29 is 14.7 Å². The summed E-state index contributed by atoms with van der Waals surface area (Å²) in [5.41, 5.74) is 0. The largest absolute Gasteiger partial charge is 0.393 e. The molecule has 0 bridgehead atoms. The lowest BCUT2D eigenvalue weighted by Crippen LogP contribution is -2.38. The van der Waals surface area contributed by atoms with Gasteiger partial charge in [0.25, 0.3) is 0 Å². The second kappa shape index (κ2) is 5.84. The van der Waals surface area contributed by atoms with E-state index in [4.69, 9.17) is 5.11 Å². The van der Waals surface area contributed by atoms with Crippen LogP contribution >= 0.6 is 0 Å². The third kappa shape index (κ3) is 3.81. The molecule has 0 aromatic heterocycles. The SMILES string of the molecule is CC(O)CCC(=O)N1CCCN(C)C(=O)C1. The highest BCUT2D eigenvalue weighted by Gasteiger charge is 2.22. The van der Waals surface area contributed by atoms with Crippen LogP contribution in [0.3, 0.4) is 0 Å². The summed E-state index contributed by atoms with van der Waals surface area (Å²) in [6.07, 6.45) is 1.13. The standard InChI is InChI=1S/C11H20N2O3/c1-9(14)4-5-10(15)13-7-3-6-12(2)11(16)8-13/h9,14H,3-8H2,1-2H3. The number of amides is 2. The Bertz CT molecular complexity index is 266. The Balaban J connectivity index is 2.46. The molecule has 1 N–H and O–H groups in total. The Morgan fingerprint density at radius 1 is 1.50 bits per heavy atom. The molecule has 0 saturated carbocycles. The molecule has 1 rings (SSSR count). The fourth-order valence-electron chi connectivity index (χ4n) is 1.69. The second-order valence-electron chi connectivity index (χ2n) is 4.37. The molecule has 92 valence electrons. The van der Waals surface area contributed by atoms with Gasteiger partial charge in [0.05, 0.1) is 12.6 Å². The van der Waals surface area contributed by atoms with Gasteiger partial charge in [0.1, 0.15) is 0 Å². The number of carbonyl (C=O) groups is 2. The molecular formula is C11H20N2O3. The summed E-state index contributed by atoms with van der Waals surface area (Å²) >= 11 is 0. The molecular weight excluding hydrogens is 208 g/mol. The van der Waals surface area contributed by atoms with Crippen LogP contribution in [0, 0.1) is 0 Å². The van der Waals surface area contributed by atoms with Crippen molar-refractivity contribution >= 4 is 11.8 Å². The minimum absolute atomic E-state index is 0.0112. The zero-order valence-corrected chi connectivity index (χ0v) is 9.98. The summed E-state index contributed by atoms with van der Waals surface area (Å²) in [6, 6.07) is 0. The van der Waals surface area contributed by atoms with Gasteiger partial charge in [-0.05, 0) is 19.8 Å². The van der Waals surface area contributed by atoms with Crippen molar-refractivity contribution in [1.29, 1.82) is 0 Å². The predicted octanol–water partition coefficient (Wildman–Crippen LogP) is -0.162. The molecule has 5 heteroatoms. The van der Waals surface area contributed by atoms with Crippen molar-refractivity contribution in [3.8, 4) is 0 Å². The Morgan fingerprint density at radius 2 is 2.19 bits per heavy atom. The average Bonchev–Trinajstić information content (AvgIpc) is 2.38. The van der Waals surface area contributed by atoms with Crippen LogP contribution in [0.4, 0.5) is 0 Å². The van der Waals surface area contributed by atoms with Crippen molar-refractivity contribution in [2.24, 2.45) is 0 Å². The van der Waals surface area contributed by atoms with Crippen LogP contribution in [0.15, 0.2) is 0 Å². The Kier molecular flexibility index (Phi) is 4.73. The fraction of sp³-hybridized carbons (Fsp3) is 0.818. The van der Waals surface area contributed by atoms with E-state index in [-0.39, 0.29) is 18.4 Å². The molecule has 1 unspecified atom stereocenters. The molecule has 0 aromatic carbocycles. The molecule has 1 atom stereocenters. The fourth-order valence-corrected chi connectivity index (χ4v) is 1.69. The Labute approximate surface area is 96.0 Å². The third-order valence-electron chi connectivity index (χ3n) is 2.80. The normalized spacial score (nSPS) is 19.6. The first-order valence-corrected chi connectivity index (χ1v) is 5.70. The number of carbonyl (C=O) groups excluding carboxylic acids is 2. The highest BCUT2D eigenvalue weighted by Crippen LogP contribution is 2.06. The maximum Gasteiger partial charge on any atom is 0.241 e. The molecule has 0 aromatic rings. The van der Waals surface area contributed by atoms with Gasteiger partial charge in [-0.3, -0.25) is 9.59 Å². The quantitative estimate of drug-likeness (QED) is 0.730. The first-order valence-electron chi connectivity index (χ1n) is 5.70. The van der Waals surface area contributed by atoms with Crippen LogP contribution in [-0.2, 0) is 9.59 Å². The van der Waals surface area contributed by atoms with Crippen LogP contribution < -0.4 is 0 Å². The highest BCUT2D eigenvalue weighted by atomic mass is 16.3. The van der Waals surface area contributed by atoms with E-state index in [1.165, 1.54) is 0 Å². The zero-order chi connectivity index (χ0) is 12.1. The van der Waals surface area contributed by atoms with Gasteiger partial charge >= 0.3 is 0 Å². The van der Waals surface area contributed by atoms with Gasteiger partial charge < -0.3 is 14.9 Å². The minimum atomic E-state index is -0.464. The Morgan fingerprint density at radius 3 is 2.81 bits per heavy atom. The van der Waals surface area contributed by atoms with Gasteiger partial charge in [0.15, 0.2) is 0 Å².